The Balaban J connectivity index is 2.56. The maximum atomic E-state index is 11.2. The first-order valence-corrected chi connectivity index (χ1v) is 4.55. The zero-order valence-electron chi connectivity index (χ0n) is 8.65. The van der Waals surface area contributed by atoms with Gasteiger partial charge in [0.25, 0.3) is 0 Å². The second-order valence-corrected chi connectivity index (χ2v) is 3.16. The van der Waals surface area contributed by atoms with E-state index in [1.165, 1.54) is 25.1 Å². The fraction of sp³-hybridized carbons (Fsp3) is 0.200. The summed E-state index contributed by atoms with van der Waals surface area (Å²) in [5.74, 6) is -1.30. The van der Waals surface area contributed by atoms with Gasteiger partial charge in [-0.1, -0.05) is 0 Å². The molecule has 4 N–H and O–H groups in total. The molecule has 0 saturated carbocycles. The van der Waals surface area contributed by atoms with Crippen molar-refractivity contribution in [2.45, 2.75) is 6.92 Å². The number of amides is 2. The first-order valence-electron chi connectivity index (χ1n) is 4.55. The molecular formula is C10H12N2O4. The highest BCUT2D eigenvalue weighted by molar-refractivity contribution is 5.94. The SMILES string of the molecule is CC(=O)NCC(=O)Nc1ccc(O)c(O)c1. The number of phenols is 2. The van der Waals surface area contributed by atoms with Gasteiger partial charge in [-0.25, -0.2) is 0 Å². The minimum absolute atomic E-state index is 0.142. The molecule has 0 radical (unpaired) electrons. The summed E-state index contributed by atoms with van der Waals surface area (Å²) >= 11 is 0. The molecule has 0 atom stereocenters. The van der Waals surface area contributed by atoms with Gasteiger partial charge in [0.15, 0.2) is 11.5 Å². The van der Waals surface area contributed by atoms with Gasteiger partial charge in [-0.3, -0.25) is 9.59 Å². The fourth-order valence-corrected chi connectivity index (χ4v) is 1.01. The van der Waals surface area contributed by atoms with Crippen LogP contribution in [0.3, 0.4) is 0 Å². The monoisotopic (exact) mass is 224 g/mol. The Kier molecular flexibility index (Phi) is 3.71. The van der Waals surface area contributed by atoms with Crippen molar-refractivity contribution in [3.63, 3.8) is 0 Å². The van der Waals surface area contributed by atoms with E-state index in [4.69, 9.17) is 10.2 Å². The van der Waals surface area contributed by atoms with Crippen molar-refractivity contribution in [2.24, 2.45) is 0 Å². The van der Waals surface area contributed by atoms with Gasteiger partial charge in [0.05, 0.1) is 6.54 Å². The quantitative estimate of drug-likeness (QED) is 0.434. The molecule has 0 aliphatic rings. The molecule has 86 valence electrons. The molecule has 0 aromatic heterocycles. The van der Waals surface area contributed by atoms with Gasteiger partial charge < -0.3 is 20.8 Å². The second kappa shape index (κ2) is 5.01. The van der Waals surface area contributed by atoms with E-state index in [-0.39, 0.29) is 24.0 Å². The molecule has 0 spiro atoms. The summed E-state index contributed by atoms with van der Waals surface area (Å²) in [6.07, 6.45) is 0. The molecular weight excluding hydrogens is 212 g/mol. The molecule has 6 nitrogen and oxygen atoms in total. The van der Waals surface area contributed by atoms with Crippen LogP contribution < -0.4 is 10.6 Å². The lowest BCUT2D eigenvalue weighted by Crippen LogP contribution is -2.31. The van der Waals surface area contributed by atoms with Crippen molar-refractivity contribution in [3.05, 3.63) is 18.2 Å². The Morgan fingerprint density at radius 3 is 2.50 bits per heavy atom. The van der Waals surface area contributed by atoms with Crippen LogP contribution in [0.15, 0.2) is 18.2 Å². The van der Waals surface area contributed by atoms with Crippen LogP contribution in [0.1, 0.15) is 6.92 Å². The summed E-state index contributed by atoms with van der Waals surface area (Å²) < 4.78 is 0. The van der Waals surface area contributed by atoms with Crippen LogP contribution in [0.2, 0.25) is 0 Å². The highest BCUT2D eigenvalue weighted by atomic mass is 16.3. The Hall–Kier alpha value is -2.24. The molecule has 0 heterocycles. The van der Waals surface area contributed by atoms with Crippen molar-refractivity contribution in [1.29, 1.82) is 0 Å². The van der Waals surface area contributed by atoms with E-state index in [1.807, 2.05) is 0 Å². The van der Waals surface area contributed by atoms with E-state index in [0.29, 0.717) is 5.69 Å². The largest absolute Gasteiger partial charge is 0.504 e. The lowest BCUT2D eigenvalue weighted by molar-refractivity contribution is -0.122. The molecule has 0 unspecified atom stereocenters. The van der Waals surface area contributed by atoms with Crippen LogP contribution in [0.25, 0.3) is 0 Å². The molecule has 0 bridgehead atoms. The average Bonchev–Trinajstić information content (AvgIpc) is 2.21. The van der Waals surface area contributed by atoms with E-state index in [0.717, 1.165) is 0 Å². The summed E-state index contributed by atoms with van der Waals surface area (Å²) in [5.41, 5.74) is 0.339. The maximum Gasteiger partial charge on any atom is 0.243 e. The number of rotatable bonds is 3. The van der Waals surface area contributed by atoms with Crippen LogP contribution >= 0.6 is 0 Å². The van der Waals surface area contributed by atoms with Crippen LogP contribution in [0.4, 0.5) is 5.69 Å². The lowest BCUT2D eigenvalue weighted by Gasteiger charge is -2.06. The first-order chi connectivity index (χ1) is 7.49. The normalized spacial score (nSPS) is 9.56. The zero-order chi connectivity index (χ0) is 12.1. The van der Waals surface area contributed by atoms with E-state index < -0.39 is 5.91 Å². The highest BCUT2D eigenvalue weighted by Gasteiger charge is 2.05. The van der Waals surface area contributed by atoms with Gasteiger partial charge in [0.1, 0.15) is 0 Å². The highest BCUT2D eigenvalue weighted by Crippen LogP contribution is 2.27. The third kappa shape index (κ3) is 3.49. The first kappa shape index (κ1) is 11.8. The summed E-state index contributed by atoms with van der Waals surface area (Å²) in [7, 11) is 0. The van der Waals surface area contributed by atoms with Crippen LogP contribution in [-0.4, -0.2) is 28.6 Å². The minimum Gasteiger partial charge on any atom is -0.504 e. The van der Waals surface area contributed by atoms with Crippen LogP contribution in [0.5, 0.6) is 11.5 Å². The van der Waals surface area contributed by atoms with Gasteiger partial charge >= 0.3 is 0 Å². The summed E-state index contributed by atoms with van der Waals surface area (Å²) in [6.45, 7) is 1.16. The third-order valence-electron chi connectivity index (χ3n) is 1.76. The summed E-state index contributed by atoms with van der Waals surface area (Å²) in [6, 6.07) is 3.89. The number of hydrogen-bond donors (Lipinski definition) is 4. The van der Waals surface area contributed by atoms with E-state index >= 15 is 0 Å². The molecule has 0 aliphatic heterocycles. The number of aromatic hydroxyl groups is 2. The fourth-order valence-electron chi connectivity index (χ4n) is 1.01. The molecule has 1 aromatic rings. The molecule has 0 aliphatic carbocycles. The van der Waals surface area contributed by atoms with Crippen LogP contribution in [-0.2, 0) is 9.59 Å². The van der Waals surface area contributed by atoms with Gasteiger partial charge in [-0.15, -0.1) is 0 Å². The standard InChI is InChI=1S/C10H12N2O4/c1-6(13)11-5-10(16)12-7-2-3-8(14)9(15)4-7/h2-4,14-15H,5H2,1H3,(H,11,13)(H,12,16). The number of nitrogens with one attached hydrogen (secondary N) is 2. The zero-order valence-corrected chi connectivity index (χ0v) is 8.65. The number of carbonyl (C=O) groups is 2. The van der Waals surface area contributed by atoms with Gasteiger partial charge in [-0.05, 0) is 12.1 Å². The molecule has 6 heteroatoms. The Bertz CT molecular complexity index is 417. The molecule has 2 amide bonds. The van der Waals surface area contributed by atoms with Gasteiger partial charge in [0, 0.05) is 18.7 Å². The molecule has 0 fully saturated rings. The summed E-state index contributed by atoms with van der Waals surface area (Å²) in [5, 5.41) is 23.0. The lowest BCUT2D eigenvalue weighted by atomic mass is 10.3. The van der Waals surface area contributed by atoms with E-state index in [9.17, 15) is 9.59 Å². The second-order valence-electron chi connectivity index (χ2n) is 3.16. The van der Waals surface area contributed by atoms with Crippen molar-refractivity contribution in [1.82, 2.24) is 5.32 Å². The number of hydrogen-bond acceptors (Lipinski definition) is 4. The number of carbonyl (C=O) groups excluding carboxylic acids is 2. The van der Waals surface area contributed by atoms with Crippen molar-refractivity contribution < 1.29 is 19.8 Å². The molecule has 1 aromatic carbocycles. The smallest absolute Gasteiger partial charge is 0.243 e. The van der Waals surface area contributed by atoms with Crippen molar-refractivity contribution in [3.8, 4) is 11.5 Å². The average molecular weight is 224 g/mol. The minimum atomic E-state index is -0.416. The van der Waals surface area contributed by atoms with Crippen LogP contribution in [0, 0.1) is 0 Å². The molecule has 16 heavy (non-hydrogen) atoms. The number of phenolic OH excluding ortho intramolecular Hbond substituents is 2. The summed E-state index contributed by atoms with van der Waals surface area (Å²) in [4.78, 5) is 21.8. The topological polar surface area (TPSA) is 98.7 Å². The van der Waals surface area contributed by atoms with Crippen molar-refractivity contribution in [2.75, 3.05) is 11.9 Å². The maximum absolute atomic E-state index is 11.2. The Morgan fingerprint density at radius 1 is 1.25 bits per heavy atom. The van der Waals surface area contributed by atoms with Gasteiger partial charge in [-0.2, -0.15) is 0 Å². The predicted molar refractivity (Wildman–Crippen MR) is 57.1 cm³/mol. The third-order valence-corrected chi connectivity index (χ3v) is 1.76. The van der Waals surface area contributed by atoms with Gasteiger partial charge in [0.2, 0.25) is 11.8 Å². The number of benzene rings is 1. The van der Waals surface area contributed by atoms with Crippen molar-refractivity contribution >= 4 is 17.5 Å². The molecule has 0 saturated heterocycles. The Morgan fingerprint density at radius 2 is 1.94 bits per heavy atom. The predicted octanol–water partition coefficient (Wildman–Crippen LogP) is 0.172. The van der Waals surface area contributed by atoms with E-state index in [2.05, 4.69) is 10.6 Å². The number of anilines is 1. The Labute approximate surface area is 91.9 Å². The molecule has 1 rings (SSSR count). The van der Waals surface area contributed by atoms with E-state index in [1.54, 1.807) is 0 Å².